The van der Waals surface area contributed by atoms with Gasteiger partial charge in [-0.2, -0.15) is 0 Å². The molecular weight excluding hydrogens is 136 g/mol. The fraction of sp³-hybridized carbons (Fsp3) is 0.444. The maximum absolute atomic E-state index is 4.21. The quantitative estimate of drug-likeness (QED) is 0.693. The molecule has 0 amide bonds. The van der Waals surface area contributed by atoms with Gasteiger partial charge in [0.15, 0.2) is 0 Å². The van der Waals surface area contributed by atoms with Crippen molar-refractivity contribution in [3.63, 3.8) is 0 Å². The topological polar surface area (TPSA) is 24.9 Å². The molecule has 1 aromatic rings. The van der Waals surface area contributed by atoms with Crippen LogP contribution in [0.2, 0.25) is 0 Å². The zero-order chi connectivity index (χ0) is 7.68. The van der Waals surface area contributed by atoms with Crippen LogP contribution in [0.4, 0.5) is 5.82 Å². The molecular formula is C9H12N2. The number of nitrogens with one attached hydrogen (secondary N) is 1. The summed E-state index contributed by atoms with van der Waals surface area (Å²) in [4.78, 5) is 4.21. The van der Waals surface area contributed by atoms with Crippen LogP contribution in [0.1, 0.15) is 18.4 Å². The van der Waals surface area contributed by atoms with E-state index >= 15 is 0 Å². The lowest BCUT2D eigenvalue weighted by molar-refractivity contribution is 1.11. The highest BCUT2D eigenvalue weighted by Gasteiger charge is 2.20. The Labute approximate surface area is 66.7 Å². The lowest BCUT2D eigenvalue weighted by atomic mass is 10.3. The minimum Gasteiger partial charge on any atom is -0.367 e. The van der Waals surface area contributed by atoms with Gasteiger partial charge in [0.2, 0.25) is 0 Å². The third kappa shape index (κ3) is 1.70. The van der Waals surface area contributed by atoms with Gasteiger partial charge in [-0.25, -0.2) is 4.98 Å². The van der Waals surface area contributed by atoms with Crippen LogP contribution in [0.5, 0.6) is 0 Å². The first-order chi connectivity index (χ1) is 5.34. The van der Waals surface area contributed by atoms with Crippen LogP contribution in [0.3, 0.4) is 0 Å². The zero-order valence-corrected chi connectivity index (χ0v) is 6.67. The average Bonchev–Trinajstić information content (AvgIpc) is 2.71. The van der Waals surface area contributed by atoms with Crippen molar-refractivity contribution in [2.45, 2.75) is 25.8 Å². The van der Waals surface area contributed by atoms with Crippen LogP contribution in [0.25, 0.3) is 0 Å². The maximum atomic E-state index is 4.21. The Balaban J connectivity index is 2.10. The van der Waals surface area contributed by atoms with Gasteiger partial charge >= 0.3 is 0 Å². The Kier molecular flexibility index (Phi) is 1.53. The van der Waals surface area contributed by atoms with E-state index < -0.39 is 0 Å². The first-order valence-corrected chi connectivity index (χ1v) is 4.04. The van der Waals surface area contributed by atoms with E-state index in [0.29, 0.717) is 6.04 Å². The summed E-state index contributed by atoms with van der Waals surface area (Å²) in [5.74, 6) is 1.02. The third-order valence-electron chi connectivity index (χ3n) is 1.84. The van der Waals surface area contributed by atoms with E-state index in [1.54, 1.807) is 0 Å². The first kappa shape index (κ1) is 6.65. The fourth-order valence-electron chi connectivity index (χ4n) is 1.05. The molecule has 0 aliphatic heterocycles. The average molecular weight is 148 g/mol. The number of aryl methyl sites for hydroxylation is 1. The van der Waals surface area contributed by atoms with Gasteiger partial charge < -0.3 is 5.32 Å². The predicted octanol–water partition coefficient (Wildman–Crippen LogP) is 1.96. The molecule has 11 heavy (non-hydrogen) atoms. The number of hydrogen-bond acceptors (Lipinski definition) is 2. The van der Waals surface area contributed by atoms with E-state index in [0.717, 1.165) is 5.82 Å². The van der Waals surface area contributed by atoms with Gasteiger partial charge in [0.25, 0.3) is 0 Å². The minimum absolute atomic E-state index is 0.698. The molecule has 0 bridgehead atoms. The summed E-state index contributed by atoms with van der Waals surface area (Å²) in [6.07, 6.45) is 4.45. The summed E-state index contributed by atoms with van der Waals surface area (Å²) in [5.41, 5.74) is 1.27. The third-order valence-corrected chi connectivity index (χ3v) is 1.84. The summed E-state index contributed by atoms with van der Waals surface area (Å²) >= 11 is 0. The highest BCUT2D eigenvalue weighted by molar-refractivity contribution is 5.39. The van der Waals surface area contributed by atoms with Gasteiger partial charge in [0, 0.05) is 12.2 Å². The SMILES string of the molecule is Cc1ccnc(NC2CC2)c1. The van der Waals surface area contributed by atoms with Gasteiger partial charge in [0.05, 0.1) is 0 Å². The van der Waals surface area contributed by atoms with E-state index in [1.165, 1.54) is 18.4 Å². The molecule has 2 nitrogen and oxygen atoms in total. The van der Waals surface area contributed by atoms with Crippen LogP contribution in [-0.2, 0) is 0 Å². The van der Waals surface area contributed by atoms with Crippen LogP contribution < -0.4 is 5.32 Å². The lowest BCUT2D eigenvalue weighted by Gasteiger charge is -2.02. The Hall–Kier alpha value is -1.05. The molecule has 1 N–H and O–H groups in total. The molecule has 1 heterocycles. The van der Waals surface area contributed by atoms with Crippen LogP contribution in [0.15, 0.2) is 18.3 Å². The van der Waals surface area contributed by atoms with Gasteiger partial charge in [-0.15, -0.1) is 0 Å². The maximum Gasteiger partial charge on any atom is 0.126 e. The van der Waals surface area contributed by atoms with Gasteiger partial charge in [-0.3, -0.25) is 0 Å². The zero-order valence-electron chi connectivity index (χ0n) is 6.67. The van der Waals surface area contributed by atoms with Crippen LogP contribution >= 0.6 is 0 Å². The number of anilines is 1. The Morgan fingerprint density at radius 2 is 2.36 bits per heavy atom. The van der Waals surface area contributed by atoms with Crippen molar-refractivity contribution in [2.75, 3.05) is 5.32 Å². The van der Waals surface area contributed by atoms with Crippen molar-refractivity contribution in [1.29, 1.82) is 0 Å². The molecule has 0 aromatic carbocycles. The molecule has 58 valence electrons. The summed E-state index contributed by atoms with van der Waals surface area (Å²) in [6, 6.07) is 4.79. The number of aromatic nitrogens is 1. The predicted molar refractivity (Wildman–Crippen MR) is 45.6 cm³/mol. The van der Waals surface area contributed by atoms with Crippen molar-refractivity contribution in [1.82, 2.24) is 4.98 Å². The van der Waals surface area contributed by atoms with E-state index in [4.69, 9.17) is 0 Å². The molecule has 1 saturated carbocycles. The Morgan fingerprint density at radius 3 is 3.00 bits per heavy atom. The number of pyridine rings is 1. The highest BCUT2D eigenvalue weighted by Crippen LogP contribution is 2.23. The summed E-state index contributed by atoms with van der Waals surface area (Å²) < 4.78 is 0. The number of rotatable bonds is 2. The molecule has 0 saturated heterocycles. The molecule has 0 radical (unpaired) electrons. The van der Waals surface area contributed by atoms with Gasteiger partial charge in [-0.1, -0.05) is 0 Å². The van der Waals surface area contributed by atoms with Gasteiger partial charge in [-0.05, 0) is 37.5 Å². The Morgan fingerprint density at radius 1 is 1.55 bits per heavy atom. The molecule has 2 rings (SSSR count). The second kappa shape index (κ2) is 2.53. The molecule has 0 spiro atoms. The molecule has 1 aliphatic rings. The molecule has 0 atom stereocenters. The summed E-state index contributed by atoms with van der Waals surface area (Å²) in [6.45, 7) is 2.08. The summed E-state index contributed by atoms with van der Waals surface area (Å²) in [5, 5.41) is 3.35. The van der Waals surface area contributed by atoms with E-state index in [9.17, 15) is 0 Å². The monoisotopic (exact) mass is 148 g/mol. The molecule has 0 unspecified atom stereocenters. The molecule has 1 aliphatic carbocycles. The van der Waals surface area contributed by atoms with Crippen molar-refractivity contribution in [3.8, 4) is 0 Å². The van der Waals surface area contributed by atoms with Crippen molar-refractivity contribution in [3.05, 3.63) is 23.9 Å². The van der Waals surface area contributed by atoms with Crippen molar-refractivity contribution >= 4 is 5.82 Å². The fourth-order valence-corrected chi connectivity index (χ4v) is 1.05. The van der Waals surface area contributed by atoms with Crippen LogP contribution in [0, 0.1) is 6.92 Å². The number of hydrogen-bond donors (Lipinski definition) is 1. The van der Waals surface area contributed by atoms with E-state index in [-0.39, 0.29) is 0 Å². The normalized spacial score (nSPS) is 16.5. The van der Waals surface area contributed by atoms with E-state index in [1.807, 2.05) is 12.3 Å². The smallest absolute Gasteiger partial charge is 0.126 e. The second-order valence-electron chi connectivity index (χ2n) is 3.14. The standard InChI is InChI=1S/C9H12N2/c1-7-4-5-10-9(6-7)11-8-2-3-8/h4-6,8H,2-3H2,1H3,(H,10,11). The molecule has 1 fully saturated rings. The van der Waals surface area contributed by atoms with E-state index in [2.05, 4.69) is 23.3 Å². The largest absolute Gasteiger partial charge is 0.367 e. The minimum atomic E-state index is 0.698. The second-order valence-corrected chi connectivity index (χ2v) is 3.14. The van der Waals surface area contributed by atoms with Gasteiger partial charge in [0.1, 0.15) is 5.82 Å². The van der Waals surface area contributed by atoms with Crippen molar-refractivity contribution in [2.24, 2.45) is 0 Å². The van der Waals surface area contributed by atoms with Crippen LogP contribution in [-0.4, -0.2) is 11.0 Å². The van der Waals surface area contributed by atoms with Crippen molar-refractivity contribution < 1.29 is 0 Å². The molecule has 1 aromatic heterocycles. The highest BCUT2D eigenvalue weighted by atomic mass is 15.0. The number of nitrogens with zero attached hydrogens (tertiary/aromatic N) is 1. The summed E-state index contributed by atoms with van der Waals surface area (Å²) in [7, 11) is 0. The molecule has 2 heteroatoms. The lowest BCUT2D eigenvalue weighted by Crippen LogP contribution is -2.02. The first-order valence-electron chi connectivity index (χ1n) is 4.04. The Bertz CT molecular complexity index is 253.